The van der Waals surface area contributed by atoms with Crippen molar-refractivity contribution < 1.29 is 9.53 Å². The van der Waals surface area contributed by atoms with E-state index in [0.29, 0.717) is 18.6 Å². The summed E-state index contributed by atoms with van der Waals surface area (Å²) in [7, 11) is 1.67. The average molecular weight is 290 g/mol. The fourth-order valence-electron chi connectivity index (χ4n) is 3.20. The number of methoxy groups -OCH3 is 1. The van der Waals surface area contributed by atoms with Crippen LogP contribution >= 0.6 is 0 Å². The van der Waals surface area contributed by atoms with Gasteiger partial charge in [0.2, 0.25) is 0 Å². The van der Waals surface area contributed by atoms with Crippen molar-refractivity contribution in [3.63, 3.8) is 0 Å². The molecule has 2 N–H and O–H groups in total. The zero-order valence-electron chi connectivity index (χ0n) is 13.3. The minimum atomic E-state index is 0.0842. The van der Waals surface area contributed by atoms with Crippen molar-refractivity contribution >= 4 is 5.78 Å². The van der Waals surface area contributed by atoms with Gasteiger partial charge in [0.15, 0.2) is 5.78 Å². The van der Waals surface area contributed by atoms with Crippen LogP contribution in [-0.2, 0) is 6.54 Å². The van der Waals surface area contributed by atoms with Gasteiger partial charge in [0, 0.05) is 36.3 Å². The van der Waals surface area contributed by atoms with Crippen molar-refractivity contribution in [3.05, 3.63) is 29.3 Å². The Morgan fingerprint density at radius 1 is 1.43 bits per heavy atom. The number of likely N-dealkylation sites (tertiary alicyclic amines) is 1. The van der Waals surface area contributed by atoms with Gasteiger partial charge in [-0.15, -0.1) is 0 Å². The number of nitrogens with zero attached hydrogens (tertiary/aromatic N) is 1. The minimum absolute atomic E-state index is 0.0842. The molecule has 1 saturated heterocycles. The number of ether oxygens (including phenoxy) is 1. The lowest BCUT2D eigenvalue weighted by atomic mass is 9.95. The van der Waals surface area contributed by atoms with E-state index in [0.717, 1.165) is 29.8 Å². The molecule has 0 aliphatic carbocycles. The molecule has 0 saturated carbocycles. The van der Waals surface area contributed by atoms with Crippen molar-refractivity contribution in [2.75, 3.05) is 13.7 Å². The molecule has 0 spiro atoms. The summed E-state index contributed by atoms with van der Waals surface area (Å²) in [6.45, 7) is 5.31. The van der Waals surface area contributed by atoms with Gasteiger partial charge in [0.1, 0.15) is 5.75 Å². The maximum Gasteiger partial charge on any atom is 0.159 e. The number of carbonyl (C=O) groups is 1. The number of hydrogen-bond donors (Lipinski definition) is 1. The summed E-state index contributed by atoms with van der Waals surface area (Å²) in [6.07, 6.45) is 3.59. The number of piperidine rings is 1. The van der Waals surface area contributed by atoms with Crippen LogP contribution in [0.15, 0.2) is 18.2 Å². The number of nitrogens with two attached hydrogens (primary N) is 1. The van der Waals surface area contributed by atoms with Crippen LogP contribution in [0.5, 0.6) is 5.75 Å². The van der Waals surface area contributed by atoms with Crippen LogP contribution in [0, 0.1) is 0 Å². The standard InChI is InChI=1S/C17H26N2O2/c1-12-5-4-6-16(10-18)19(12)11-15-9-14(13(2)20)7-8-17(15)21-3/h7-9,12,16H,4-6,10-11,18H2,1-3H3. The third-order valence-electron chi connectivity index (χ3n) is 4.51. The van der Waals surface area contributed by atoms with Gasteiger partial charge in [-0.1, -0.05) is 6.42 Å². The normalized spacial score (nSPS) is 23.0. The van der Waals surface area contributed by atoms with Crippen LogP contribution in [0.25, 0.3) is 0 Å². The second-order valence-electron chi connectivity index (χ2n) is 5.92. The van der Waals surface area contributed by atoms with E-state index in [9.17, 15) is 4.79 Å². The summed E-state index contributed by atoms with van der Waals surface area (Å²) in [5.41, 5.74) is 7.73. The first-order valence-corrected chi connectivity index (χ1v) is 7.70. The van der Waals surface area contributed by atoms with Gasteiger partial charge >= 0.3 is 0 Å². The Kier molecular flexibility index (Phi) is 5.37. The monoisotopic (exact) mass is 290 g/mol. The number of hydrogen-bond acceptors (Lipinski definition) is 4. The topological polar surface area (TPSA) is 55.6 Å². The molecule has 1 aliphatic rings. The summed E-state index contributed by atoms with van der Waals surface area (Å²) >= 11 is 0. The van der Waals surface area contributed by atoms with E-state index in [2.05, 4.69) is 11.8 Å². The van der Waals surface area contributed by atoms with Crippen molar-refractivity contribution in [2.24, 2.45) is 5.73 Å². The lowest BCUT2D eigenvalue weighted by molar-refractivity contribution is 0.0882. The second kappa shape index (κ2) is 7.05. The summed E-state index contributed by atoms with van der Waals surface area (Å²) in [5.74, 6) is 0.925. The molecule has 4 heteroatoms. The fourth-order valence-corrected chi connectivity index (χ4v) is 3.20. The van der Waals surface area contributed by atoms with Gasteiger partial charge in [0.05, 0.1) is 7.11 Å². The number of benzene rings is 1. The smallest absolute Gasteiger partial charge is 0.159 e. The molecule has 2 unspecified atom stereocenters. The summed E-state index contributed by atoms with van der Waals surface area (Å²) < 4.78 is 5.46. The van der Waals surface area contributed by atoms with Gasteiger partial charge in [-0.05, 0) is 44.9 Å². The Bertz CT molecular complexity index is 502. The third-order valence-corrected chi connectivity index (χ3v) is 4.51. The number of Topliss-reactive ketones (excluding diaryl/α,β-unsaturated/α-hetero) is 1. The number of carbonyl (C=O) groups excluding carboxylic acids is 1. The van der Waals surface area contributed by atoms with Crippen molar-refractivity contribution in [2.45, 2.75) is 51.7 Å². The molecule has 0 amide bonds. The van der Waals surface area contributed by atoms with Crippen LogP contribution < -0.4 is 10.5 Å². The predicted molar refractivity (Wildman–Crippen MR) is 84.7 cm³/mol. The lowest BCUT2D eigenvalue weighted by Gasteiger charge is -2.40. The summed E-state index contributed by atoms with van der Waals surface area (Å²) in [4.78, 5) is 14.0. The molecule has 1 aliphatic heterocycles. The van der Waals surface area contributed by atoms with E-state index in [-0.39, 0.29) is 5.78 Å². The molecule has 0 aromatic heterocycles. The largest absolute Gasteiger partial charge is 0.496 e. The van der Waals surface area contributed by atoms with Crippen LogP contribution in [0.1, 0.15) is 49.0 Å². The maximum absolute atomic E-state index is 11.6. The molecule has 1 heterocycles. The van der Waals surface area contributed by atoms with Crippen molar-refractivity contribution in [1.82, 2.24) is 4.90 Å². The van der Waals surface area contributed by atoms with E-state index in [1.807, 2.05) is 18.2 Å². The second-order valence-corrected chi connectivity index (χ2v) is 5.92. The predicted octanol–water partition coefficient (Wildman–Crippen LogP) is 2.60. The number of ketones is 1. The molecule has 2 atom stereocenters. The van der Waals surface area contributed by atoms with Gasteiger partial charge in [-0.2, -0.15) is 0 Å². The van der Waals surface area contributed by atoms with Crippen molar-refractivity contribution in [3.8, 4) is 5.75 Å². The first kappa shape index (κ1) is 16.0. The van der Waals surface area contributed by atoms with Gasteiger partial charge in [-0.25, -0.2) is 0 Å². The van der Waals surface area contributed by atoms with Crippen LogP contribution in [0.3, 0.4) is 0 Å². The van der Waals surface area contributed by atoms with Gasteiger partial charge in [0.25, 0.3) is 0 Å². The summed E-state index contributed by atoms with van der Waals surface area (Å²) in [6, 6.07) is 6.59. The number of rotatable bonds is 5. The molecule has 4 nitrogen and oxygen atoms in total. The van der Waals surface area contributed by atoms with E-state index < -0.39 is 0 Å². The Morgan fingerprint density at radius 3 is 2.81 bits per heavy atom. The highest BCUT2D eigenvalue weighted by Crippen LogP contribution is 2.28. The highest BCUT2D eigenvalue weighted by Gasteiger charge is 2.27. The Labute approximate surface area is 127 Å². The molecule has 1 aromatic rings. The first-order chi connectivity index (χ1) is 10.1. The SMILES string of the molecule is COc1ccc(C(C)=O)cc1CN1C(C)CCCC1CN. The Hall–Kier alpha value is -1.39. The maximum atomic E-state index is 11.6. The van der Waals surface area contributed by atoms with Gasteiger partial charge < -0.3 is 10.5 Å². The highest BCUT2D eigenvalue weighted by atomic mass is 16.5. The fraction of sp³-hybridized carbons (Fsp3) is 0.588. The highest BCUT2D eigenvalue weighted by molar-refractivity contribution is 5.94. The molecule has 2 rings (SSSR count). The molecule has 1 fully saturated rings. The Morgan fingerprint density at radius 2 is 2.19 bits per heavy atom. The quantitative estimate of drug-likeness (QED) is 0.847. The summed E-state index contributed by atoms with van der Waals surface area (Å²) in [5, 5.41) is 0. The van der Waals surface area contributed by atoms with E-state index in [1.54, 1.807) is 14.0 Å². The molecule has 116 valence electrons. The molecular weight excluding hydrogens is 264 g/mol. The first-order valence-electron chi connectivity index (χ1n) is 7.70. The van der Waals surface area contributed by atoms with Crippen molar-refractivity contribution in [1.29, 1.82) is 0 Å². The Balaban J connectivity index is 2.27. The van der Waals surface area contributed by atoms with Crippen LogP contribution in [-0.4, -0.2) is 36.4 Å². The van der Waals surface area contributed by atoms with Gasteiger partial charge in [-0.3, -0.25) is 9.69 Å². The van der Waals surface area contributed by atoms with Crippen LogP contribution in [0.4, 0.5) is 0 Å². The lowest BCUT2D eigenvalue weighted by Crippen LogP contribution is -2.48. The molecule has 21 heavy (non-hydrogen) atoms. The minimum Gasteiger partial charge on any atom is -0.496 e. The molecule has 0 bridgehead atoms. The van der Waals surface area contributed by atoms with Crippen LogP contribution in [0.2, 0.25) is 0 Å². The molecule has 1 aromatic carbocycles. The van der Waals surface area contributed by atoms with E-state index in [1.165, 1.54) is 12.8 Å². The zero-order chi connectivity index (χ0) is 15.4. The van der Waals surface area contributed by atoms with E-state index >= 15 is 0 Å². The average Bonchev–Trinajstić information content (AvgIpc) is 2.49. The van der Waals surface area contributed by atoms with E-state index in [4.69, 9.17) is 10.5 Å². The molecular formula is C17H26N2O2. The third kappa shape index (κ3) is 3.63. The zero-order valence-corrected chi connectivity index (χ0v) is 13.3. The molecule has 0 radical (unpaired) electrons.